The van der Waals surface area contributed by atoms with Crippen LogP contribution >= 0.6 is 0 Å². The van der Waals surface area contributed by atoms with E-state index in [2.05, 4.69) is 6.92 Å². The molecule has 0 aromatic rings. The number of esters is 1. The van der Waals surface area contributed by atoms with Crippen LogP contribution in [-0.4, -0.2) is 36.5 Å². The Morgan fingerprint density at radius 2 is 2.35 bits per heavy atom. The van der Waals surface area contributed by atoms with Crippen molar-refractivity contribution in [2.45, 2.75) is 57.7 Å². The third-order valence-electron chi connectivity index (χ3n) is 3.56. The summed E-state index contributed by atoms with van der Waals surface area (Å²) in [5.74, 6) is -0.714. The number of rotatable bonds is 5. The van der Waals surface area contributed by atoms with Crippen LogP contribution in [0.15, 0.2) is 0 Å². The topological polar surface area (TPSA) is 55.8 Å². The number of ether oxygens (including phenoxy) is 2. The summed E-state index contributed by atoms with van der Waals surface area (Å²) in [4.78, 5) is 11.8. The number of methoxy groups -OCH3 is 1. The van der Waals surface area contributed by atoms with E-state index in [1.807, 2.05) is 6.92 Å². The van der Waals surface area contributed by atoms with E-state index in [0.717, 1.165) is 12.8 Å². The van der Waals surface area contributed by atoms with Gasteiger partial charge in [0.05, 0.1) is 24.7 Å². The Balaban J connectivity index is 2.75. The van der Waals surface area contributed by atoms with Gasteiger partial charge in [0, 0.05) is 19.4 Å². The van der Waals surface area contributed by atoms with Crippen LogP contribution in [-0.2, 0) is 14.3 Å². The van der Waals surface area contributed by atoms with Crippen molar-refractivity contribution in [2.75, 3.05) is 13.7 Å². The Bertz CT molecular complexity index is 254. The van der Waals surface area contributed by atoms with E-state index in [1.54, 1.807) is 0 Å². The third kappa shape index (κ3) is 3.68. The fraction of sp³-hybridized carbons (Fsp3) is 0.923. The predicted octanol–water partition coefficient (Wildman–Crippen LogP) is 1.90. The summed E-state index contributed by atoms with van der Waals surface area (Å²) in [6, 6.07) is 0. The average Bonchev–Trinajstić information content (AvgIpc) is 2.28. The van der Waals surface area contributed by atoms with E-state index < -0.39 is 11.5 Å². The molecule has 1 heterocycles. The van der Waals surface area contributed by atoms with Gasteiger partial charge < -0.3 is 14.6 Å². The maximum Gasteiger partial charge on any atom is 0.311 e. The summed E-state index contributed by atoms with van der Waals surface area (Å²) in [6.45, 7) is 4.51. The number of aliphatic hydroxyl groups is 1. The highest BCUT2D eigenvalue weighted by molar-refractivity contribution is 5.73. The van der Waals surface area contributed by atoms with Gasteiger partial charge in [-0.15, -0.1) is 0 Å². The van der Waals surface area contributed by atoms with Gasteiger partial charge in [-0.3, -0.25) is 4.79 Å². The molecule has 4 heteroatoms. The molecule has 0 spiro atoms. The first kappa shape index (κ1) is 14.5. The van der Waals surface area contributed by atoms with Gasteiger partial charge in [0.15, 0.2) is 0 Å². The van der Waals surface area contributed by atoms with Crippen molar-refractivity contribution < 1.29 is 19.4 Å². The fourth-order valence-corrected chi connectivity index (χ4v) is 2.57. The van der Waals surface area contributed by atoms with Crippen molar-refractivity contribution in [3.8, 4) is 0 Å². The van der Waals surface area contributed by atoms with E-state index in [1.165, 1.54) is 7.11 Å². The number of carbonyl (C=O) groups is 1. The second-order valence-electron chi connectivity index (χ2n) is 4.96. The molecule has 4 nitrogen and oxygen atoms in total. The van der Waals surface area contributed by atoms with E-state index >= 15 is 0 Å². The lowest BCUT2D eigenvalue weighted by Crippen LogP contribution is -2.49. The van der Waals surface area contributed by atoms with Crippen molar-refractivity contribution in [1.29, 1.82) is 0 Å². The van der Waals surface area contributed by atoms with Crippen molar-refractivity contribution in [2.24, 2.45) is 5.92 Å². The highest BCUT2D eigenvalue weighted by Crippen LogP contribution is 2.35. The van der Waals surface area contributed by atoms with Gasteiger partial charge in [0.1, 0.15) is 0 Å². The number of hydrogen-bond donors (Lipinski definition) is 1. The third-order valence-corrected chi connectivity index (χ3v) is 3.56. The fourth-order valence-electron chi connectivity index (χ4n) is 2.57. The minimum Gasteiger partial charge on any atom is -0.469 e. The zero-order valence-corrected chi connectivity index (χ0v) is 11.1. The molecule has 1 N–H and O–H groups in total. The zero-order chi connectivity index (χ0) is 12.9. The second-order valence-corrected chi connectivity index (χ2v) is 4.96. The van der Waals surface area contributed by atoms with Crippen LogP contribution in [0.25, 0.3) is 0 Å². The van der Waals surface area contributed by atoms with E-state index in [0.29, 0.717) is 25.9 Å². The van der Waals surface area contributed by atoms with E-state index in [4.69, 9.17) is 9.47 Å². The number of hydrogen-bond acceptors (Lipinski definition) is 4. The van der Waals surface area contributed by atoms with Gasteiger partial charge in [-0.2, -0.15) is 0 Å². The van der Waals surface area contributed by atoms with Crippen LogP contribution in [0.3, 0.4) is 0 Å². The number of unbranched alkanes of at least 4 members (excludes halogenated alkanes) is 1. The predicted molar refractivity (Wildman–Crippen MR) is 64.6 cm³/mol. The highest BCUT2D eigenvalue weighted by atomic mass is 16.5. The first-order chi connectivity index (χ1) is 8.03. The molecule has 1 aliphatic heterocycles. The Morgan fingerprint density at radius 3 is 2.88 bits per heavy atom. The summed E-state index contributed by atoms with van der Waals surface area (Å²) in [5.41, 5.74) is -0.958. The minimum absolute atomic E-state index is 0.00235. The van der Waals surface area contributed by atoms with Gasteiger partial charge in [-0.05, 0) is 13.3 Å². The molecule has 1 saturated heterocycles. The van der Waals surface area contributed by atoms with Crippen LogP contribution in [0.4, 0.5) is 0 Å². The summed E-state index contributed by atoms with van der Waals surface area (Å²) in [6.07, 6.45) is 3.65. The van der Waals surface area contributed by atoms with E-state index in [-0.39, 0.29) is 12.1 Å². The van der Waals surface area contributed by atoms with Crippen LogP contribution in [0.5, 0.6) is 0 Å². The second kappa shape index (κ2) is 6.36. The zero-order valence-electron chi connectivity index (χ0n) is 11.1. The standard InChI is InChI=1S/C13H24O4/c1-4-5-6-11(12(14)16-3)13(15)7-8-17-10(2)9-13/h10-11,15H,4-9H2,1-3H3. The molecular formula is C13H24O4. The van der Waals surface area contributed by atoms with Crippen LogP contribution in [0.2, 0.25) is 0 Å². The van der Waals surface area contributed by atoms with Crippen LogP contribution in [0.1, 0.15) is 46.0 Å². The molecular weight excluding hydrogens is 220 g/mol. The van der Waals surface area contributed by atoms with Gasteiger partial charge in [-0.25, -0.2) is 0 Å². The normalized spacial score (nSPS) is 30.9. The Kier molecular flexibility index (Phi) is 5.40. The lowest BCUT2D eigenvalue weighted by atomic mass is 9.76. The first-order valence-corrected chi connectivity index (χ1v) is 6.45. The van der Waals surface area contributed by atoms with Crippen molar-refractivity contribution in [3.63, 3.8) is 0 Å². The summed E-state index contributed by atoms with van der Waals surface area (Å²) < 4.78 is 10.3. The molecule has 3 atom stereocenters. The Labute approximate surface area is 103 Å². The van der Waals surface area contributed by atoms with Crippen molar-refractivity contribution in [1.82, 2.24) is 0 Å². The van der Waals surface area contributed by atoms with Crippen molar-refractivity contribution in [3.05, 3.63) is 0 Å². The lowest BCUT2D eigenvalue weighted by Gasteiger charge is -2.40. The largest absolute Gasteiger partial charge is 0.469 e. The SMILES string of the molecule is CCCCC(C(=O)OC)C1(O)CCOC(C)C1. The summed E-state index contributed by atoms with van der Waals surface area (Å²) in [5, 5.41) is 10.6. The molecule has 0 aliphatic carbocycles. The van der Waals surface area contributed by atoms with Crippen LogP contribution in [0, 0.1) is 5.92 Å². The molecule has 0 aromatic carbocycles. The van der Waals surface area contributed by atoms with Gasteiger partial charge in [-0.1, -0.05) is 19.8 Å². The number of carbonyl (C=O) groups excluding carboxylic acids is 1. The van der Waals surface area contributed by atoms with Crippen LogP contribution < -0.4 is 0 Å². The molecule has 1 rings (SSSR count). The molecule has 100 valence electrons. The molecule has 0 aromatic heterocycles. The highest BCUT2D eigenvalue weighted by Gasteiger charge is 2.44. The molecule has 0 amide bonds. The smallest absolute Gasteiger partial charge is 0.311 e. The van der Waals surface area contributed by atoms with E-state index in [9.17, 15) is 9.90 Å². The molecule has 1 aliphatic rings. The quantitative estimate of drug-likeness (QED) is 0.750. The average molecular weight is 244 g/mol. The molecule has 0 radical (unpaired) electrons. The molecule has 0 saturated carbocycles. The molecule has 1 fully saturated rings. The van der Waals surface area contributed by atoms with Crippen molar-refractivity contribution >= 4 is 5.97 Å². The molecule has 0 bridgehead atoms. The molecule has 17 heavy (non-hydrogen) atoms. The Morgan fingerprint density at radius 1 is 1.65 bits per heavy atom. The summed E-state index contributed by atoms with van der Waals surface area (Å²) in [7, 11) is 1.38. The maximum absolute atomic E-state index is 11.8. The lowest BCUT2D eigenvalue weighted by molar-refractivity contribution is -0.170. The summed E-state index contributed by atoms with van der Waals surface area (Å²) >= 11 is 0. The molecule has 3 unspecified atom stereocenters. The van der Waals surface area contributed by atoms with Gasteiger partial charge in [0.2, 0.25) is 0 Å². The Hall–Kier alpha value is -0.610. The minimum atomic E-state index is -0.958. The first-order valence-electron chi connectivity index (χ1n) is 6.45. The van der Waals surface area contributed by atoms with Gasteiger partial charge in [0.25, 0.3) is 0 Å². The maximum atomic E-state index is 11.8. The monoisotopic (exact) mass is 244 g/mol. The van der Waals surface area contributed by atoms with Gasteiger partial charge >= 0.3 is 5.97 Å².